The number of sulfonamides is 1. The highest BCUT2D eigenvalue weighted by molar-refractivity contribution is 7.91. The molecule has 1 aromatic carbocycles. The largest absolute Gasteiger partial charge is 0.366 e. The Kier molecular flexibility index (Phi) is 6.64. The van der Waals surface area contributed by atoms with Gasteiger partial charge in [-0.3, -0.25) is 9.69 Å². The van der Waals surface area contributed by atoms with Crippen LogP contribution in [0.25, 0.3) is 0 Å². The number of nitrogens with two attached hydrogens (primary N) is 1. The molecule has 0 saturated carbocycles. The molecule has 1 aliphatic heterocycles. The standard InChI is InChI=1S/C19H25N3O3S2/c20-19(23)16-12-18(26-14-16)27(24,25)21-10-9-17-8-4-5-11-22(17)13-15-6-2-1-3-7-15/h1-3,6-7,12,14,17,21H,4-5,8-11,13H2,(H2,20,23)/t17-/m1/s1. The van der Waals surface area contributed by atoms with Gasteiger partial charge in [0.1, 0.15) is 4.21 Å². The maximum Gasteiger partial charge on any atom is 0.250 e. The summed E-state index contributed by atoms with van der Waals surface area (Å²) in [4.78, 5) is 13.6. The summed E-state index contributed by atoms with van der Waals surface area (Å²) in [6, 6.07) is 12.1. The third-order valence-corrected chi connectivity index (χ3v) is 7.77. The Morgan fingerprint density at radius 3 is 2.74 bits per heavy atom. The Balaban J connectivity index is 1.56. The fourth-order valence-corrected chi connectivity index (χ4v) is 5.69. The van der Waals surface area contributed by atoms with Crippen molar-refractivity contribution in [3.8, 4) is 0 Å². The van der Waals surface area contributed by atoms with Crippen molar-refractivity contribution in [3.63, 3.8) is 0 Å². The van der Waals surface area contributed by atoms with E-state index in [-0.39, 0.29) is 9.77 Å². The number of nitrogens with one attached hydrogen (secondary N) is 1. The molecule has 0 bridgehead atoms. The zero-order valence-corrected chi connectivity index (χ0v) is 16.8. The summed E-state index contributed by atoms with van der Waals surface area (Å²) in [6.07, 6.45) is 4.20. The lowest BCUT2D eigenvalue weighted by molar-refractivity contribution is 0.100. The molecule has 1 aromatic heterocycles. The van der Waals surface area contributed by atoms with Crippen LogP contribution in [-0.4, -0.2) is 38.4 Å². The minimum absolute atomic E-state index is 0.126. The van der Waals surface area contributed by atoms with Crippen molar-refractivity contribution in [2.75, 3.05) is 13.1 Å². The maximum absolute atomic E-state index is 12.4. The van der Waals surface area contributed by atoms with Gasteiger partial charge in [0.15, 0.2) is 0 Å². The van der Waals surface area contributed by atoms with Crippen LogP contribution in [0.4, 0.5) is 0 Å². The molecule has 0 spiro atoms. The SMILES string of the molecule is NC(=O)c1csc(S(=O)(=O)NCC[C@H]2CCCCN2Cc2ccccc2)c1. The van der Waals surface area contributed by atoms with Crippen LogP contribution in [-0.2, 0) is 16.6 Å². The molecule has 0 aliphatic carbocycles. The fourth-order valence-electron chi connectivity index (χ4n) is 3.43. The zero-order chi connectivity index (χ0) is 19.3. The summed E-state index contributed by atoms with van der Waals surface area (Å²) < 4.78 is 27.6. The molecule has 1 aliphatic rings. The molecule has 1 saturated heterocycles. The molecule has 1 atom stereocenters. The summed E-state index contributed by atoms with van der Waals surface area (Å²) in [6.45, 7) is 2.31. The van der Waals surface area contributed by atoms with Gasteiger partial charge >= 0.3 is 0 Å². The third kappa shape index (κ3) is 5.38. The molecule has 0 radical (unpaired) electrons. The Hall–Kier alpha value is -1.74. The van der Waals surface area contributed by atoms with Gasteiger partial charge in [0, 0.05) is 24.5 Å². The van der Waals surface area contributed by atoms with Gasteiger partial charge in [-0.1, -0.05) is 36.8 Å². The average molecular weight is 408 g/mol. The molecular weight excluding hydrogens is 382 g/mol. The second kappa shape index (κ2) is 8.97. The highest BCUT2D eigenvalue weighted by atomic mass is 32.2. The van der Waals surface area contributed by atoms with Gasteiger partial charge in [0.05, 0.1) is 5.56 Å². The van der Waals surface area contributed by atoms with Gasteiger partial charge in [-0.15, -0.1) is 11.3 Å². The van der Waals surface area contributed by atoms with Crippen LogP contribution in [0.2, 0.25) is 0 Å². The summed E-state index contributed by atoms with van der Waals surface area (Å²) >= 11 is 1.01. The number of hydrogen-bond acceptors (Lipinski definition) is 5. The Labute approximate surface area is 164 Å². The fraction of sp³-hybridized carbons (Fsp3) is 0.421. The third-order valence-electron chi connectivity index (χ3n) is 4.87. The highest BCUT2D eigenvalue weighted by Crippen LogP contribution is 2.23. The van der Waals surface area contributed by atoms with Gasteiger partial charge in [0.2, 0.25) is 15.9 Å². The number of hydrogen-bond donors (Lipinski definition) is 2. The van der Waals surface area contributed by atoms with E-state index >= 15 is 0 Å². The van der Waals surface area contributed by atoms with Crippen molar-refractivity contribution in [1.82, 2.24) is 9.62 Å². The second-order valence-electron chi connectivity index (χ2n) is 6.81. The smallest absolute Gasteiger partial charge is 0.250 e. The van der Waals surface area contributed by atoms with Crippen molar-refractivity contribution < 1.29 is 13.2 Å². The lowest BCUT2D eigenvalue weighted by Gasteiger charge is -2.36. The molecule has 146 valence electrons. The summed E-state index contributed by atoms with van der Waals surface area (Å²) in [5.41, 5.74) is 6.70. The summed E-state index contributed by atoms with van der Waals surface area (Å²) in [5, 5.41) is 1.47. The maximum atomic E-state index is 12.4. The first-order chi connectivity index (χ1) is 13.0. The number of nitrogens with zero attached hydrogens (tertiary/aromatic N) is 1. The van der Waals surface area contributed by atoms with E-state index in [2.05, 4.69) is 21.8 Å². The minimum atomic E-state index is -3.61. The Bertz CT molecular complexity index is 865. The number of carbonyl (C=O) groups is 1. The molecule has 2 heterocycles. The van der Waals surface area contributed by atoms with E-state index in [1.54, 1.807) is 0 Å². The summed E-state index contributed by atoms with van der Waals surface area (Å²) in [7, 11) is -3.61. The number of benzene rings is 1. The first-order valence-electron chi connectivity index (χ1n) is 9.12. The van der Waals surface area contributed by atoms with Crippen LogP contribution in [0.1, 0.15) is 41.6 Å². The molecule has 1 amide bonds. The van der Waals surface area contributed by atoms with Crippen LogP contribution in [0.5, 0.6) is 0 Å². The van der Waals surface area contributed by atoms with E-state index in [0.717, 1.165) is 37.3 Å². The molecule has 6 nitrogen and oxygen atoms in total. The van der Waals surface area contributed by atoms with Crippen LogP contribution in [0.15, 0.2) is 46.0 Å². The molecular formula is C19H25N3O3S2. The van der Waals surface area contributed by atoms with Crippen molar-refractivity contribution in [2.45, 2.75) is 42.5 Å². The van der Waals surface area contributed by atoms with Crippen LogP contribution in [0, 0.1) is 0 Å². The number of likely N-dealkylation sites (tertiary alicyclic amines) is 1. The van der Waals surface area contributed by atoms with E-state index in [1.807, 2.05) is 18.2 Å². The lowest BCUT2D eigenvalue weighted by atomic mass is 9.98. The number of carbonyl (C=O) groups excluding carboxylic acids is 1. The molecule has 27 heavy (non-hydrogen) atoms. The predicted molar refractivity (Wildman–Crippen MR) is 107 cm³/mol. The first kappa shape index (κ1) is 20.0. The van der Waals surface area contributed by atoms with Gasteiger partial charge in [-0.2, -0.15) is 0 Å². The highest BCUT2D eigenvalue weighted by Gasteiger charge is 2.24. The van der Waals surface area contributed by atoms with Gasteiger partial charge in [-0.25, -0.2) is 13.1 Å². The lowest BCUT2D eigenvalue weighted by Crippen LogP contribution is -2.41. The van der Waals surface area contributed by atoms with E-state index < -0.39 is 15.9 Å². The van der Waals surface area contributed by atoms with Gasteiger partial charge < -0.3 is 5.73 Å². The van der Waals surface area contributed by atoms with Gasteiger partial charge in [-0.05, 0) is 37.4 Å². The van der Waals surface area contributed by atoms with Crippen molar-refractivity contribution >= 4 is 27.3 Å². The number of amides is 1. The summed E-state index contributed by atoms with van der Waals surface area (Å²) in [5.74, 6) is -0.619. The van der Waals surface area contributed by atoms with Crippen LogP contribution in [0.3, 0.4) is 0 Å². The quantitative estimate of drug-likeness (QED) is 0.703. The normalized spacial score (nSPS) is 18.4. The Morgan fingerprint density at radius 2 is 2.04 bits per heavy atom. The average Bonchev–Trinajstić information content (AvgIpc) is 3.15. The molecule has 1 fully saturated rings. The monoisotopic (exact) mass is 407 g/mol. The van der Waals surface area contributed by atoms with Crippen molar-refractivity contribution in [2.24, 2.45) is 5.73 Å². The zero-order valence-electron chi connectivity index (χ0n) is 15.1. The minimum Gasteiger partial charge on any atom is -0.366 e. The van der Waals surface area contributed by atoms with E-state index in [4.69, 9.17) is 5.73 Å². The molecule has 3 N–H and O–H groups in total. The number of piperidine rings is 1. The molecule has 2 aromatic rings. The van der Waals surface area contributed by atoms with Crippen LogP contribution < -0.4 is 10.5 Å². The second-order valence-corrected chi connectivity index (χ2v) is 9.72. The van der Waals surface area contributed by atoms with Crippen LogP contribution >= 0.6 is 11.3 Å². The Morgan fingerprint density at radius 1 is 1.26 bits per heavy atom. The van der Waals surface area contributed by atoms with Crippen molar-refractivity contribution in [1.29, 1.82) is 0 Å². The van der Waals surface area contributed by atoms with Crippen molar-refractivity contribution in [3.05, 3.63) is 52.9 Å². The number of primary amides is 1. The number of thiophene rings is 1. The predicted octanol–water partition coefficient (Wildman–Crippen LogP) is 2.57. The van der Waals surface area contributed by atoms with E-state index in [0.29, 0.717) is 12.6 Å². The first-order valence-corrected chi connectivity index (χ1v) is 11.5. The van der Waals surface area contributed by atoms with E-state index in [1.165, 1.54) is 29.9 Å². The molecule has 0 unspecified atom stereocenters. The molecule has 3 rings (SSSR count). The number of rotatable bonds is 8. The molecule has 8 heteroatoms. The van der Waals surface area contributed by atoms with E-state index in [9.17, 15) is 13.2 Å². The van der Waals surface area contributed by atoms with Gasteiger partial charge in [0.25, 0.3) is 0 Å². The topological polar surface area (TPSA) is 92.5 Å².